The largest absolute Gasteiger partial charge is 0.244 e. The predicted octanol–water partition coefficient (Wildman–Crippen LogP) is 7.89. The summed E-state index contributed by atoms with van der Waals surface area (Å²) in [6.45, 7) is 9.49. The molecule has 2 heteroatoms. The van der Waals surface area contributed by atoms with Gasteiger partial charge in [-0.2, -0.15) is 0 Å². The second-order valence-electron chi connectivity index (χ2n) is 15.4. The number of hydrogen-bond acceptors (Lipinski definition) is 0. The summed E-state index contributed by atoms with van der Waals surface area (Å²) in [7, 11) is 0. The van der Waals surface area contributed by atoms with Gasteiger partial charge < -0.3 is 0 Å². The third-order valence-corrected chi connectivity index (χ3v) is 12.5. The maximum absolute atomic E-state index is 2.57. The highest BCUT2D eigenvalue weighted by molar-refractivity contribution is 7.01. The van der Waals surface area contributed by atoms with Crippen LogP contribution in [-0.4, -0.2) is 13.4 Å². The van der Waals surface area contributed by atoms with Gasteiger partial charge >= 0.3 is 0 Å². The highest BCUT2D eigenvalue weighted by Gasteiger charge is 2.43. The lowest BCUT2D eigenvalue weighted by Crippen LogP contribution is -2.59. The van der Waals surface area contributed by atoms with Crippen molar-refractivity contribution in [3.8, 4) is 22.3 Å². The molecule has 0 N–H and O–H groups in total. The third-order valence-electron chi connectivity index (χ3n) is 12.5. The Morgan fingerprint density at radius 2 is 0.740 bits per heavy atom. The van der Waals surface area contributed by atoms with Crippen LogP contribution in [0.3, 0.4) is 0 Å². The second kappa shape index (κ2) is 9.14. The maximum atomic E-state index is 2.57. The first kappa shape index (κ1) is 27.3. The van der Waals surface area contributed by atoms with Crippen LogP contribution < -0.4 is 32.8 Å². The molecule has 0 saturated heterocycles. The Hall–Kier alpha value is -5.59. The molecule has 230 valence electrons. The van der Waals surface area contributed by atoms with Crippen molar-refractivity contribution in [1.82, 2.24) is 0 Å². The molecule has 0 saturated carbocycles. The van der Waals surface area contributed by atoms with Crippen LogP contribution >= 0.6 is 0 Å². The summed E-state index contributed by atoms with van der Waals surface area (Å²) in [5.41, 5.74) is 25.4. The van der Waals surface area contributed by atoms with Crippen molar-refractivity contribution in [1.29, 1.82) is 0 Å². The molecule has 4 heterocycles. The summed E-state index contributed by atoms with van der Waals surface area (Å²) in [5.74, 6) is 0. The maximum Gasteiger partial charge on any atom is 0.244 e. The highest BCUT2D eigenvalue weighted by atomic mass is 14.3. The van der Waals surface area contributed by atoms with Crippen molar-refractivity contribution in [2.45, 2.75) is 27.7 Å². The van der Waals surface area contributed by atoms with Gasteiger partial charge in [0.05, 0.1) is 0 Å². The summed E-state index contributed by atoms with van der Waals surface area (Å²) < 4.78 is 0. The first-order chi connectivity index (χ1) is 24.5. The standard InChI is InChI=1S/C48H32B2/c1-25(2)41-33-11-5-7-17-37(33)49-39-23-27-20-22-30-32-14-10-16-36-42(26(3)4)34-12-6-8-18-38(34)50(48(32)36)40-24-28-19-21-29(31-13-9-15-35(41)47(31)49)45(39)43(28)44(27)46(30)40/h5-24H,1-4H3. The smallest absolute Gasteiger partial charge is 0.0680 e. The fraction of sp³-hybridized carbons (Fsp3) is 0.0833. The van der Waals surface area contributed by atoms with Gasteiger partial charge in [0.15, 0.2) is 0 Å². The van der Waals surface area contributed by atoms with Gasteiger partial charge in [0, 0.05) is 0 Å². The SMILES string of the molecule is CC(C)=C1c2ccccc2B2c3c1cccc3-c1ccc3cc4c5c(ccc6cc2c1c3c65)-c1cccc2c1B4c1ccccc1C2=C(C)C. The zero-order valence-electron chi connectivity index (χ0n) is 28.7. The van der Waals surface area contributed by atoms with E-state index < -0.39 is 0 Å². The summed E-state index contributed by atoms with van der Waals surface area (Å²) in [6.07, 6.45) is 0. The van der Waals surface area contributed by atoms with Crippen LogP contribution in [0.25, 0.3) is 65.7 Å². The average molecular weight is 630 g/mol. The van der Waals surface area contributed by atoms with Gasteiger partial charge in [-0.3, -0.25) is 0 Å². The van der Waals surface area contributed by atoms with Gasteiger partial charge in [-0.25, -0.2) is 0 Å². The Kier molecular flexibility index (Phi) is 4.98. The summed E-state index contributed by atoms with van der Waals surface area (Å²) in [5, 5.41) is 8.47. The van der Waals surface area contributed by atoms with Crippen molar-refractivity contribution in [3.63, 3.8) is 0 Å². The Morgan fingerprint density at radius 1 is 0.340 bits per heavy atom. The molecule has 0 nitrogen and oxygen atoms in total. The first-order valence-corrected chi connectivity index (χ1v) is 18.1. The van der Waals surface area contributed by atoms with E-state index in [1.807, 2.05) is 0 Å². The van der Waals surface area contributed by atoms with Crippen molar-refractivity contribution in [3.05, 3.63) is 155 Å². The lowest BCUT2D eigenvalue weighted by Gasteiger charge is -2.38. The summed E-state index contributed by atoms with van der Waals surface area (Å²) in [6, 6.07) is 47.3. The Labute approximate surface area is 293 Å². The first-order valence-electron chi connectivity index (χ1n) is 18.1. The Balaban J connectivity index is 1.26. The number of benzene rings is 8. The van der Waals surface area contributed by atoms with E-state index >= 15 is 0 Å². The van der Waals surface area contributed by atoms with Gasteiger partial charge in [0.25, 0.3) is 0 Å². The molecular formula is C48H32B2. The van der Waals surface area contributed by atoms with E-state index in [4.69, 9.17) is 0 Å². The van der Waals surface area contributed by atoms with Gasteiger partial charge in [0.2, 0.25) is 13.4 Å². The minimum Gasteiger partial charge on any atom is -0.0680 e. The molecule has 8 aromatic carbocycles. The van der Waals surface area contributed by atoms with Gasteiger partial charge in [0.1, 0.15) is 0 Å². The molecule has 0 amide bonds. The topological polar surface area (TPSA) is 0 Å². The molecule has 0 radical (unpaired) electrons. The molecule has 4 aliphatic rings. The molecule has 0 unspecified atom stereocenters. The van der Waals surface area contributed by atoms with Crippen LogP contribution in [0.4, 0.5) is 0 Å². The van der Waals surface area contributed by atoms with E-state index in [-0.39, 0.29) is 13.4 Å². The van der Waals surface area contributed by atoms with Crippen LogP contribution in [0.2, 0.25) is 0 Å². The van der Waals surface area contributed by atoms with Gasteiger partial charge in [-0.15, -0.1) is 0 Å². The van der Waals surface area contributed by atoms with E-state index in [2.05, 4.69) is 149 Å². The normalized spacial score (nSPS) is 14.2. The lowest BCUT2D eigenvalue weighted by atomic mass is 9.29. The molecule has 0 aromatic heterocycles. The van der Waals surface area contributed by atoms with Crippen LogP contribution in [-0.2, 0) is 0 Å². The molecule has 4 aliphatic heterocycles. The van der Waals surface area contributed by atoms with Crippen LogP contribution in [0.5, 0.6) is 0 Å². The number of fused-ring (bicyclic) bond motifs is 8. The molecule has 0 spiro atoms. The molecule has 50 heavy (non-hydrogen) atoms. The van der Waals surface area contributed by atoms with E-state index in [9.17, 15) is 0 Å². The molecule has 8 aromatic rings. The fourth-order valence-corrected chi connectivity index (χ4v) is 10.9. The molecule has 0 atom stereocenters. The molecule has 0 bridgehead atoms. The quantitative estimate of drug-likeness (QED) is 0.118. The molecule has 0 aliphatic carbocycles. The second-order valence-corrected chi connectivity index (χ2v) is 15.4. The fourth-order valence-electron chi connectivity index (χ4n) is 10.9. The van der Waals surface area contributed by atoms with Crippen LogP contribution in [0, 0.1) is 0 Å². The molecule has 0 fully saturated rings. The number of allylic oxidation sites excluding steroid dienone is 2. The molecule has 12 rings (SSSR count). The van der Waals surface area contributed by atoms with Crippen molar-refractivity contribution < 1.29 is 0 Å². The van der Waals surface area contributed by atoms with Crippen molar-refractivity contribution in [2.75, 3.05) is 0 Å². The van der Waals surface area contributed by atoms with E-state index in [1.54, 1.807) is 0 Å². The van der Waals surface area contributed by atoms with Crippen LogP contribution in [0.1, 0.15) is 49.9 Å². The van der Waals surface area contributed by atoms with Crippen molar-refractivity contribution in [2.24, 2.45) is 0 Å². The Morgan fingerprint density at radius 3 is 1.18 bits per heavy atom. The van der Waals surface area contributed by atoms with Crippen molar-refractivity contribution >= 4 is 89.7 Å². The minimum absolute atomic E-state index is 0.199. The molecular weight excluding hydrogens is 598 g/mol. The van der Waals surface area contributed by atoms with Gasteiger partial charge in [-0.1, -0.05) is 165 Å². The zero-order chi connectivity index (χ0) is 33.2. The van der Waals surface area contributed by atoms with Crippen LogP contribution in [0.15, 0.2) is 132 Å². The number of hydrogen-bond donors (Lipinski definition) is 0. The summed E-state index contributed by atoms with van der Waals surface area (Å²) in [4.78, 5) is 0. The summed E-state index contributed by atoms with van der Waals surface area (Å²) >= 11 is 0. The Bertz CT molecular complexity index is 2760. The lowest BCUT2D eigenvalue weighted by molar-refractivity contribution is 1.37. The third kappa shape index (κ3) is 3.05. The average Bonchev–Trinajstić information content (AvgIpc) is 3.13. The van der Waals surface area contributed by atoms with E-state index in [0.29, 0.717) is 0 Å². The minimum atomic E-state index is 0.199. The number of rotatable bonds is 0. The van der Waals surface area contributed by atoms with Gasteiger partial charge in [-0.05, 0) is 116 Å². The predicted molar refractivity (Wildman–Crippen MR) is 218 cm³/mol. The van der Waals surface area contributed by atoms with E-state index in [0.717, 1.165) is 0 Å². The highest BCUT2D eigenvalue weighted by Crippen LogP contribution is 2.46. The monoisotopic (exact) mass is 630 g/mol. The van der Waals surface area contributed by atoms with E-state index in [1.165, 1.54) is 132 Å². The zero-order valence-corrected chi connectivity index (χ0v) is 28.7.